The van der Waals surface area contributed by atoms with E-state index in [-0.39, 0.29) is 5.82 Å². The highest BCUT2D eigenvalue weighted by molar-refractivity contribution is 9.10. The molecule has 1 unspecified atom stereocenters. The van der Waals surface area contributed by atoms with Crippen LogP contribution in [0.25, 0.3) is 0 Å². The molecule has 1 fully saturated rings. The summed E-state index contributed by atoms with van der Waals surface area (Å²) >= 11 is 3.28. The number of benzene rings is 1. The van der Waals surface area contributed by atoms with Crippen molar-refractivity contribution in [3.8, 4) is 0 Å². The Balaban J connectivity index is 2.15. The van der Waals surface area contributed by atoms with Gasteiger partial charge in [-0.3, -0.25) is 0 Å². The first-order valence-corrected chi connectivity index (χ1v) is 6.19. The molecule has 2 rings (SSSR count). The lowest BCUT2D eigenvalue weighted by Crippen LogP contribution is -2.37. The van der Waals surface area contributed by atoms with Crippen molar-refractivity contribution in [2.75, 3.05) is 6.54 Å². The fourth-order valence-corrected chi connectivity index (χ4v) is 2.00. The van der Waals surface area contributed by atoms with Gasteiger partial charge < -0.3 is 10.4 Å². The van der Waals surface area contributed by atoms with Crippen molar-refractivity contribution in [3.05, 3.63) is 34.1 Å². The van der Waals surface area contributed by atoms with Gasteiger partial charge in [-0.05, 0) is 38.0 Å². The molecule has 4 heteroatoms. The van der Waals surface area contributed by atoms with Crippen LogP contribution in [0.3, 0.4) is 0 Å². The smallest absolute Gasteiger partial charge is 0.129 e. The zero-order valence-corrected chi connectivity index (χ0v) is 10.7. The van der Waals surface area contributed by atoms with Gasteiger partial charge in [-0.1, -0.05) is 15.9 Å². The van der Waals surface area contributed by atoms with Gasteiger partial charge in [0.2, 0.25) is 0 Å². The minimum Gasteiger partial charge on any atom is -0.384 e. The molecule has 1 aromatic rings. The molecule has 16 heavy (non-hydrogen) atoms. The Morgan fingerprint density at radius 2 is 2.25 bits per heavy atom. The Morgan fingerprint density at radius 3 is 2.88 bits per heavy atom. The van der Waals surface area contributed by atoms with Crippen LogP contribution < -0.4 is 5.32 Å². The molecule has 1 aliphatic carbocycles. The first-order chi connectivity index (χ1) is 7.49. The average molecular weight is 288 g/mol. The highest BCUT2D eigenvalue weighted by Crippen LogP contribution is 2.27. The molecule has 0 aromatic heterocycles. The van der Waals surface area contributed by atoms with Crippen LogP contribution in [0, 0.1) is 5.82 Å². The third-order valence-electron chi connectivity index (χ3n) is 2.82. The van der Waals surface area contributed by atoms with Gasteiger partial charge in [0.1, 0.15) is 11.4 Å². The minimum absolute atomic E-state index is 0.329. The summed E-state index contributed by atoms with van der Waals surface area (Å²) in [5, 5.41) is 13.5. The third kappa shape index (κ3) is 2.81. The fourth-order valence-electron chi connectivity index (χ4n) is 1.64. The molecule has 0 saturated heterocycles. The van der Waals surface area contributed by atoms with E-state index in [1.165, 1.54) is 6.07 Å². The maximum absolute atomic E-state index is 13.6. The summed E-state index contributed by atoms with van der Waals surface area (Å²) < 4.78 is 14.4. The van der Waals surface area contributed by atoms with E-state index in [9.17, 15) is 9.50 Å². The van der Waals surface area contributed by atoms with Crippen molar-refractivity contribution < 1.29 is 9.50 Å². The van der Waals surface area contributed by atoms with Crippen molar-refractivity contribution in [2.24, 2.45) is 0 Å². The van der Waals surface area contributed by atoms with E-state index in [1.54, 1.807) is 19.1 Å². The van der Waals surface area contributed by atoms with Gasteiger partial charge in [0.25, 0.3) is 0 Å². The van der Waals surface area contributed by atoms with Crippen molar-refractivity contribution >= 4 is 15.9 Å². The molecule has 1 atom stereocenters. The van der Waals surface area contributed by atoms with E-state index >= 15 is 0 Å². The summed E-state index contributed by atoms with van der Waals surface area (Å²) in [7, 11) is 0. The van der Waals surface area contributed by atoms with E-state index in [0.717, 1.165) is 17.3 Å². The molecule has 1 saturated carbocycles. The second-order valence-electron chi connectivity index (χ2n) is 4.55. The summed E-state index contributed by atoms with van der Waals surface area (Å²) in [5.74, 6) is -0.370. The SMILES string of the molecule is CC(O)(CNC1CC1)c1cc(Br)ccc1F. The van der Waals surface area contributed by atoms with Crippen LogP contribution in [0.1, 0.15) is 25.3 Å². The second-order valence-corrected chi connectivity index (χ2v) is 5.47. The van der Waals surface area contributed by atoms with Crippen LogP contribution in [-0.4, -0.2) is 17.7 Å². The first kappa shape index (κ1) is 12.0. The number of aliphatic hydroxyl groups is 1. The van der Waals surface area contributed by atoms with Crippen molar-refractivity contribution in [3.63, 3.8) is 0 Å². The standard InChI is InChI=1S/C12H15BrFNO/c1-12(16,7-15-9-3-4-9)10-6-8(13)2-5-11(10)14/h2,5-6,9,15-16H,3-4,7H2,1H3. The largest absolute Gasteiger partial charge is 0.384 e. The molecule has 2 N–H and O–H groups in total. The molecule has 1 aromatic carbocycles. The van der Waals surface area contributed by atoms with Gasteiger partial charge in [0.15, 0.2) is 0 Å². The molecular weight excluding hydrogens is 273 g/mol. The Bertz CT molecular complexity index is 391. The van der Waals surface area contributed by atoms with Gasteiger partial charge in [-0.2, -0.15) is 0 Å². The molecule has 2 nitrogen and oxygen atoms in total. The molecule has 88 valence electrons. The third-order valence-corrected chi connectivity index (χ3v) is 3.31. The number of hydrogen-bond donors (Lipinski definition) is 2. The van der Waals surface area contributed by atoms with Crippen LogP contribution in [0.2, 0.25) is 0 Å². The van der Waals surface area contributed by atoms with Gasteiger partial charge in [0, 0.05) is 22.6 Å². The molecule has 0 radical (unpaired) electrons. The summed E-state index contributed by atoms with van der Waals surface area (Å²) in [6.45, 7) is 2.01. The summed E-state index contributed by atoms with van der Waals surface area (Å²) in [6, 6.07) is 5.12. The molecule has 0 bridgehead atoms. The van der Waals surface area contributed by atoms with Crippen LogP contribution in [0.4, 0.5) is 4.39 Å². The Labute approximate surface area is 103 Å². The van der Waals surface area contributed by atoms with Gasteiger partial charge in [-0.25, -0.2) is 4.39 Å². The van der Waals surface area contributed by atoms with Gasteiger partial charge in [0.05, 0.1) is 0 Å². The maximum Gasteiger partial charge on any atom is 0.129 e. The zero-order valence-electron chi connectivity index (χ0n) is 9.13. The predicted octanol–water partition coefficient (Wildman–Crippen LogP) is 2.55. The molecule has 0 amide bonds. The number of rotatable bonds is 4. The van der Waals surface area contributed by atoms with E-state index in [2.05, 4.69) is 21.2 Å². The van der Waals surface area contributed by atoms with Crippen molar-refractivity contribution in [2.45, 2.75) is 31.4 Å². The zero-order chi connectivity index (χ0) is 11.8. The number of nitrogens with one attached hydrogen (secondary N) is 1. The summed E-state index contributed by atoms with van der Waals surface area (Å²) in [4.78, 5) is 0. The average Bonchev–Trinajstić information content (AvgIpc) is 3.02. The Kier molecular flexibility index (Phi) is 3.33. The maximum atomic E-state index is 13.6. The molecular formula is C12H15BrFNO. The molecule has 1 aliphatic rings. The van der Waals surface area contributed by atoms with Gasteiger partial charge in [-0.15, -0.1) is 0 Å². The van der Waals surface area contributed by atoms with Gasteiger partial charge >= 0.3 is 0 Å². The first-order valence-electron chi connectivity index (χ1n) is 5.40. The predicted molar refractivity (Wildman–Crippen MR) is 64.7 cm³/mol. The Morgan fingerprint density at radius 1 is 1.56 bits per heavy atom. The van der Waals surface area contributed by atoms with Crippen molar-refractivity contribution in [1.82, 2.24) is 5.32 Å². The monoisotopic (exact) mass is 287 g/mol. The number of hydrogen-bond acceptors (Lipinski definition) is 2. The van der Waals surface area contributed by atoms with E-state index in [4.69, 9.17) is 0 Å². The highest BCUT2D eigenvalue weighted by Gasteiger charge is 2.30. The van der Waals surface area contributed by atoms with Crippen LogP contribution in [-0.2, 0) is 5.60 Å². The highest BCUT2D eigenvalue weighted by atomic mass is 79.9. The Hall–Kier alpha value is -0.450. The van der Waals surface area contributed by atoms with Crippen LogP contribution in [0.5, 0.6) is 0 Å². The van der Waals surface area contributed by atoms with Crippen LogP contribution in [0.15, 0.2) is 22.7 Å². The topological polar surface area (TPSA) is 32.3 Å². The molecule has 0 heterocycles. The summed E-state index contributed by atoms with van der Waals surface area (Å²) in [5.41, 5.74) is -0.841. The lowest BCUT2D eigenvalue weighted by molar-refractivity contribution is 0.0528. The quantitative estimate of drug-likeness (QED) is 0.892. The molecule has 0 spiro atoms. The van der Waals surface area contributed by atoms with Crippen LogP contribution >= 0.6 is 15.9 Å². The van der Waals surface area contributed by atoms with E-state index < -0.39 is 5.60 Å². The molecule has 0 aliphatic heterocycles. The number of halogens is 2. The van der Waals surface area contributed by atoms with E-state index in [0.29, 0.717) is 18.2 Å². The fraction of sp³-hybridized carbons (Fsp3) is 0.500. The summed E-state index contributed by atoms with van der Waals surface area (Å²) in [6.07, 6.45) is 2.30. The second kappa shape index (κ2) is 4.43. The lowest BCUT2D eigenvalue weighted by atomic mass is 9.95. The minimum atomic E-state index is -1.17. The van der Waals surface area contributed by atoms with E-state index in [1.807, 2.05) is 0 Å². The normalized spacial score (nSPS) is 19.5. The lowest BCUT2D eigenvalue weighted by Gasteiger charge is -2.25. The van der Waals surface area contributed by atoms with Crippen molar-refractivity contribution in [1.29, 1.82) is 0 Å².